The van der Waals surface area contributed by atoms with E-state index >= 15 is 0 Å². The average Bonchev–Trinajstić information content (AvgIpc) is 2.86. The van der Waals surface area contributed by atoms with Gasteiger partial charge in [0.05, 0.1) is 15.9 Å². The molecule has 0 fully saturated rings. The maximum Gasteiger partial charge on any atom is 0.519 e. The molecule has 7 heteroatoms. The molecular formula is C16H14BrN3O3. The molecule has 0 radical (unpaired) electrons. The molecular weight excluding hydrogens is 362 g/mol. The number of hydrogen-bond acceptors (Lipinski definition) is 6. The summed E-state index contributed by atoms with van der Waals surface area (Å²) in [5, 5.41) is 0. The highest BCUT2D eigenvalue weighted by Gasteiger charge is 2.15. The van der Waals surface area contributed by atoms with Crippen LogP contribution in [0.25, 0.3) is 11.3 Å². The minimum absolute atomic E-state index is 0.201. The van der Waals surface area contributed by atoms with E-state index in [9.17, 15) is 4.79 Å². The molecule has 0 spiro atoms. The number of aryl methyl sites for hydroxylation is 3. The number of halogens is 1. The van der Waals surface area contributed by atoms with E-state index in [1.54, 1.807) is 6.92 Å². The zero-order valence-corrected chi connectivity index (χ0v) is 14.0. The van der Waals surface area contributed by atoms with E-state index in [0.717, 1.165) is 21.4 Å². The van der Waals surface area contributed by atoms with E-state index < -0.39 is 5.82 Å². The summed E-state index contributed by atoms with van der Waals surface area (Å²) in [5.74, 6) is 0.507. The minimum atomic E-state index is -0.691. The van der Waals surface area contributed by atoms with Gasteiger partial charge in [-0.15, -0.1) is 0 Å². The van der Waals surface area contributed by atoms with Crippen molar-refractivity contribution in [3.63, 3.8) is 0 Å². The van der Waals surface area contributed by atoms with E-state index in [0.29, 0.717) is 24.4 Å². The predicted molar refractivity (Wildman–Crippen MR) is 89.0 cm³/mol. The SMILES string of the molecule is Cc1oc(=O)oc1CCc1nc(N)nc(-c2ccccc2)c1Br. The van der Waals surface area contributed by atoms with Crippen molar-refractivity contribution >= 4 is 21.9 Å². The van der Waals surface area contributed by atoms with Crippen molar-refractivity contribution in [3.05, 3.63) is 62.6 Å². The minimum Gasteiger partial charge on any atom is -0.396 e. The molecule has 2 aromatic heterocycles. The van der Waals surface area contributed by atoms with Gasteiger partial charge in [0, 0.05) is 12.0 Å². The van der Waals surface area contributed by atoms with Crippen LogP contribution in [0.3, 0.4) is 0 Å². The predicted octanol–water partition coefficient (Wildman–Crippen LogP) is 3.13. The lowest BCUT2D eigenvalue weighted by molar-refractivity contribution is 0.369. The summed E-state index contributed by atoms with van der Waals surface area (Å²) in [7, 11) is 0. The van der Waals surface area contributed by atoms with Crippen molar-refractivity contribution in [3.8, 4) is 11.3 Å². The molecule has 6 nitrogen and oxygen atoms in total. The highest BCUT2D eigenvalue weighted by molar-refractivity contribution is 9.10. The molecule has 23 heavy (non-hydrogen) atoms. The normalized spacial score (nSPS) is 10.9. The Bertz CT molecular complexity index is 887. The quantitative estimate of drug-likeness (QED) is 0.752. The fourth-order valence-electron chi connectivity index (χ4n) is 2.30. The number of nitrogens with zero attached hydrogens (tertiary/aromatic N) is 2. The number of nitrogen functional groups attached to an aromatic ring is 1. The standard InChI is InChI=1S/C16H14BrN3O3/c1-9-12(23-16(21)22-9)8-7-11-13(17)14(20-15(18)19-11)10-5-3-2-4-6-10/h2-6H,7-8H2,1H3,(H2,18,19,20). The second kappa shape index (κ2) is 6.37. The van der Waals surface area contributed by atoms with E-state index in [1.807, 2.05) is 30.3 Å². The van der Waals surface area contributed by atoms with E-state index in [1.165, 1.54) is 0 Å². The summed E-state index contributed by atoms with van der Waals surface area (Å²) in [5.41, 5.74) is 8.26. The molecule has 0 unspecified atom stereocenters. The summed E-state index contributed by atoms with van der Waals surface area (Å²) in [4.78, 5) is 19.7. The summed E-state index contributed by atoms with van der Waals surface area (Å²) in [6.45, 7) is 1.69. The first-order chi connectivity index (χ1) is 11.0. The maximum atomic E-state index is 11.1. The number of nitrogens with two attached hydrogens (primary N) is 1. The summed E-state index contributed by atoms with van der Waals surface area (Å²) >= 11 is 3.55. The largest absolute Gasteiger partial charge is 0.519 e. The third-order valence-corrected chi connectivity index (χ3v) is 4.24. The fourth-order valence-corrected chi connectivity index (χ4v) is 2.90. The molecule has 0 saturated carbocycles. The lowest BCUT2D eigenvalue weighted by Gasteiger charge is -2.09. The van der Waals surface area contributed by atoms with Crippen LogP contribution in [0.4, 0.5) is 5.95 Å². The molecule has 0 aliphatic heterocycles. The highest BCUT2D eigenvalue weighted by Crippen LogP contribution is 2.30. The summed E-state index contributed by atoms with van der Waals surface area (Å²) < 4.78 is 10.6. The lowest BCUT2D eigenvalue weighted by Crippen LogP contribution is -2.04. The van der Waals surface area contributed by atoms with Crippen molar-refractivity contribution in [1.82, 2.24) is 9.97 Å². The third-order valence-electron chi connectivity index (χ3n) is 3.41. The molecule has 0 aliphatic carbocycles. The Hall–Kier alpha value is -2.41. The van der Waals surface area contributed by atoms with Crippen LogP contribution in [0.15, 0.2) is 48.4 Å². The number of anilines is 1. The molecule has 3 aromatic rings. The van der Waals surface area contributed by atoms with Gasteiger partial charge in [0.1, 0.15) is 11.5 Å². The number of rotatable bonds is 4. The second-order valence-corrected chi connectivity index (χ2v) is 5.78. The highest BCUT2D eigenvalue weighted by atomic mass is 79.9. The molecule has 0 saturated heterocycles. The van der Waals surface area contributed by atoms with Crippen LogP contribution < -0.4 is 11.6 Å². The summed E-state index contributed by atoms with van der Waals surface area (Å²) in [6, 6.07) is 9.71. The third kappa shape index (κ3) is 3.34. The second-order valence-electron chi connectivity index (χ2n) is 4.99. The van der Waals surface area contributed by atoms with Gasteiger partial charge in [-0.05, 0) is 29.3 Å². The Labute approximate surface area is 140 Å². The molecule has 2 N–H and O–H groups in total. The monoisotopic (exact) mass is 375 g/mol. The lowest BCUT2D eigenvalue weighted by atomic mass is 10.1. The molecule has 118 valence electrons. The fraction of sp³-hybridized carbons (Fsp3) is 0.188. The number of aromatic nitrogens is 2. The van der Waals surface area contributed by atoms with Crippen molar-refractivity contribution < 1.29 is 8.83 Å². The zero-order valence-electron chi connectivity index (χ0n) is 12.4. The van der Waals surface area contributed by atoms with Crippen LogP contribution >= 0.6 is 15.9 Å². The van der Waals surface area contributed by atoms with Crippen molar-refractivity contribution in [1.29, 1.82) is 0 Å². The maximum absolute atomic E-state index is 11.1. The zero-order chi connectivity index (χ0) is 16.4. The van der Waals surface area contributed by atoms with E-state index in [4.69, 9.17) is 14.6 Å². The first kappa shape index (κ1) is 15.5. The Morgan fingerprint density at radius 2 is 1.87 bits per heavy atom. The average molecular weight is 376 g/mol. The Morgan fingerprint density at radius 3 is 2.52 bits per heavy atom. The van der Waals surface area contributed by atoms with Crippen LogP contribution in [-0.4, -0.2) is 9.97 Å². The molecule has 2 heterocycles. The molecule has 3 rings (SSSR count). The van der Waals surface area contributed by atoms with Gasteiger partial charge in [0.15, 0.2) is 0 Å². The Kier molecular flexibility index (Phi) is 4.29. The first-order valence-electron chi connectivity index (χ1n) is 7.01. The van der Waals surface area contributed by atoms with Crippen molar-refractivity contribution in [2.75, 3.05) is 5.73 Å². The van der Waals surface area contributed by atoms with Crippen LogP contribution in [-0.2, 0) is 12.8 Å². The smallest absolute Gasteiger partial charge is 0.396 e. The molecule has 1 aromatic carbocycles. The van der Waals surface area contributed by atoms with E-state index in [2.05, 4.69) is 25.9 Å². The molecule has 0 amide bonds. The van der Waals surface area contributed by atoms with Crippen LogP contribution in [0, 0.1) is 6.92 Å². The van der Waals surface area contributed by atoms with Crippen LogP contribution in [0.5, 0.6) is 0 Å². The van der Waals surface area contributed by atoms with Crippen molar-refractivity contribution in [2.24, 2.45) is 0 Å². The number of hydrogen-bond donors (Lipinski definition) is 1. The molecule has 0 atom stereocenters. The molecule has 0 bridgehead atoms. The van der Waals surface area contributed by atoms with Gasteiger partial charge >= 0.3 is 5.82 Å². The number of benzene rings is 1. The first-order valence-corrected chi connectivity index (χ1v) is 7.80. The summed E-state index contributed by atoms with van der Waals surface area (Å²) in [6.07, 6.45) is 1.03. The van der Waals surface area contributed by atoms with Crippen LogP contribution in [0.1, 0.15) is 17.2 Å². The van der Waals surface area contributed by atoms with Gasteiger partial charge in [0.25, 0.3) is 0 Å². The van der Waals surface area contributed by atoms with Gasteiger partial charge in [-0.2, -0.15) is 0 Å². The van der Waals surface area contributed by atoms with Crippen LogP contribution in [0.2, 0.25) is 0 Å². The Balaban J connectivity index is 1.92. The van der Waals surface area contributed by atoms with Gasteiger partial charge in [-0.25, -0.2) is 14.8 Å². The van der Waals surface area contributed by atoms with Gasteiger partial charge in [-0.1, -0.05) is 30.3 Å². The molecule has 0 aliphatic rings. The van der Waals surface area contributed by atoms with Crippen molar-refractivity contribution in [2.45, 2.75) is 19.8 Å². The topological polar surface area (TPSA) is 95.2 Å². The van der Waals surface area contributed by atoms with Gasteiger partial charge in [-0.3, -0.25) is 0 Å². The van der Waals surface area contributed by atoms with E-state index in [-0.39, 0.29) is 5.95 Å². The van der Waals surface area contributed by atoms with Gasteiger partial charge in [0.2, 0.25) is 5.95 Å². The van der Waals surface area contributed by atoms with Gasteiger partial charge < -0.3 is 14.6 Å². The Morgan fingerprint density at radius 1 is 1.13 bits per heavy atom.